The Morgan fingerprint density at radius 3 is 2.89 bits per heavy atom. The molecule has 186 valence electrons. The molecule has 4 aliphatic rings. The lowest BCUT2D eigenvalue weighted by Gasteiger charge is -2.56. The van der Waals surface area contributed by atoms with E-state index in [2.05, 4.69) is 25.2 Å². The molecule has 1 aromatic heterocycles. The van der Waals surface area contributed by atoms with Crippen molar-refractivity contribution in [1.82, 2.24) is 4.98 Å². The van der Waals surface area contributed by atoms with E-state index in [9.17, 15) is 9.90 Å². The molecule has 0 amide bonds. The number of phenolic OH excluding ortho intramolecular Hbond substituents is 1. The molecule has 2 fully saturated rings. The molecule has 4 aliphatic carbocycles. The third-order valence-electron chi connectivity index (χ3n) is 9.86. The molecule has 6 rings (SSSR count). The van der Waals surface area contributed by atoms with Crippen molar-refractivity contribution in [2.45, 2.75) is 78.2 Å². The zero-order valence-corrected chi connectivity index (χ0v) is 21.8. The summed E-state index contributed by atoms with van der Waals surface area (Å²) in [6.07, 6.45) is 11.0. The number of hydrogen-bond donors (Lipinski definition) is 2. The number of hydrogen-bond acceptors (Lipinski definition) is 6. The zero-order chi connectivity index (χ0) is 24.4. The second kappa shape index (κ2) is 8.36. The van der Waals surface area contributed by atoms with E-state index in [4.69, 9.17) is 9.72 Å². The Morgan fingerprint density at radius 2 is 2.09 bits per heavy atom. The van der Waals surface area contributed by atoms with Crippen LogP contribution in [0.3, 0.4) is 0 Å². The molecule has 0 aliphatic heterocycles. The van der Waals surface area contributed by atoms with Crippen molar-refractivity contribution in [3.8, 4) is 5.75 Å². The number of anilines is 2. The average Bonchev–Trinajstić information content (AvgIpc) is 3.39. The molecule has 6 atom stereocenters. The number of thiazole rings is 1. The summed E-state index contributed by atoms with van der Waals surface area (Å²) in [5.74, 6) is 2.20. The summed E-state index contributed by atoms with van der Waals surface area (Å²) in [6, 6.07) is 7.23. The van der Waals surface area contributed by atoms with E-state index in [0.29, 0.717) is 24.2 Å². The minimum Gasteiger partial charge on any atom is -0.508 e. The van der Waals surface area contributed by atoms with Gasteiger partial charge in [0.05, 0.1) is 10.6 Å². The Morgan fingerprint density at radius 1 is 1.23 bits per heavy atom. The van der Waals surface area contributed by atoms with Crippen LogP contribution in [-0.2, 0) is 16.0 Å². The number of aryl methyl sites for hydroxylation is 1. The van der Waals surface area contributed by atoms with Gasteiger partial charge >= 0.3 is 5.97 Å². The van der Waals surface area contributed by atoms with Crippen molar-refractivity contribution < 1.29 is 14.6 Å². The van der Waals surface area contributed by atoms with Gasteiger partial charge in [0, 0.05) is 23.6 Å². The maximum Gasteiger partial charge on any atom is 0.305 e. The summed E-state index contributed by atoms with van der Waals surface area (Å²) < 4.78 is 5.97. The van der Waals surface area contributed by atoms with Crippen molar-refractivity contribution in [1.29, 1.82) is 0 Å². The number of aromatic hydroxyl groups is 1. The molecule has 5 nitrogen and oxygen atoms in total. The Kier molecular flexibility index (Phi) is 5.51. The van der Waals surface area contributed by atoms with Gasteiger partial charge in [-0.15, -0.1) is 0 Å². The lowest BCUT2D eigenvalue weighted by Crippen LogP contribution is -2.50. The fourth-order valence-electron chi connectivity index (χ4n) is 8.02. The molecule has 6 heteroatoms. The second-order valence-electron chi connectivity index (χ2n) is 11.6. The molecule has 1 aromatic carbocycles. The van der Waals surface area contributed by atoms with Gasteiger partial charge < -0.3 is 15.2 Å². The number of carbonyl (C=O) groups is 1. The minimum absolute atomic E-state index is 0.0445. The van der Waals surface area contributed by atoms with E-state index < -0.39 is 0 Å². The van der Waals surface area contributed by atoms with Gasteiger partial charge in [0.2, 0.25) is 0 Å². The minimum atomic E-state index is -0.0445. The molecule has 0 bridgehead atoms. The topological polar surface area (TPSA) is 71.5 Å². The molecule has 2 aromatic rings. The van der Waals surface area contributed by atoms with E-state index in [1.807, 2.05) is 19.1 Å². The van der Waals surface area contributed by atoms with Gasteiger partial charge in [-0.05, 0) is 85.8 Å². The van der Waals surface area contributed by atoms with E-state index in [1.165, 1.54) is 29.0 Å². The van der Waals surface area contributed by atoms with Crippen molar-refractivity contribution in [2.24, 2.45) is 28.6 Å². The van der Waals surface area contributed by atoms with Crippen LogP contribution in [0.25, 0.3) is 5.57 Å². The van der Waals surface area contributed by atoms with Crippen LogP contribution < -0.4 is 5.32 Å². The van der Waals surface area contributed by atoms with Crippen LogP contribution in [0.15, 0.2) is 30.3 Å². The number of nitrogens with one attached hydrogen (secondary N) is 1. The zero-order valence-electron chi connectivity index (χ0n) is 21.0. The van der Waals surface area contributed by atoms with Gasteiger partial charge in [-0.2, -0.15) is 0 Å². The summed E-state index contributed by atoms with van der Waals surface area (Å²) in [5.41, 5.74) is 3.90. The van der Waals surface area contributed by atoms with E-state index >= 15 is 0 Å². The van der Waals surface area contributed by atoms with Crippen LogP contribution in [-0.4, -0.2) is 22.2 Å². The van der Waals surface area contributed by atoms with Crippen molar-refractivity contribution >= 4 is 33.7 Å². The van der Waals surface area contributed by atoms with Crippen LogP contribution >= 0.6 is 11.3 Å². The van der Waals surface area contributed by atoms with E-state index in [-0.39, 0.29) is 28.7 Å². The van der Waals surface area contributed by atoms with Crippen molar-refractivity contribution in [3.05, 3.63) is 40.9 Å². The Balaban J connectivity index is 1.27. The van der Waals surface area contributed by atoms with Gasteiger partial charge in [0.25, 0.3) is 0 Å². The first-order valence-electron chi connectivity index (χ1n) is 13.3. The fraction of sp³-hybridized carbons (Fsp3) is 0.586. The van der Waals surface area contributed by atoms with Gasteiger partial charge in [0.15, 0.2) is 5.13 Å². The first kappa shape index (κ1) is 23.1. The lowest BCUT2D eigenvalue weighted by atomic mass is 9.48. The molecule has 35 heavy (non-hydrogen) atoms. The highest BCUT2D eigenvalue weighted by atomic mass is 32.1. The number of carbonyl (C=O) groups excluding carboxylic acids is 1. The van der Waals surface area contributed by atoms with Crippen molar-refractivity contribution in [3.63, 3.8) is 0 Å². The Labute approximate surface area is 212 Å². The highest BCUT2D eigenvalue weighted by Gasteiger charge is 2.60. The van der Waals surface area contributed by atoms with Crippen LogP contribution in [0.1, 0.15) is 76.3 Å². The molecular weight excluding hydrogens is 456 g/mol. The van der Waals surface area contributed by atoms with Gasteiger partial charge in [0.1, 0.15) is 11.9 Å². The Hall–Kier alpha value is -2.34. The van der Waals surface area contributed by atoms with Crippen LogP contribution in [0.5, 0.6) is 5.75 Å². The smallest absolute Gasteiger partial charge is 0.305 e. The molecule has 2 N–H and O–H groups in total. The summed E-state index contributed by atoms with van der Waals surface area (Å²) in [6.45, 7) is 6.80. The number of benzene rings is 1. The lowest BCUT2D eigenvalue weighted by molar-refractivity contribution is -0.158. The summed E-state index contributed by atoms with van der Waals surface area (Å²) in [7, 11) is 0. The number of phenols is 1. The third-order valence-corrected chi connectivity index (χ3v) is 10.9. The fourth-order valence-corrected chi connectivity index (χ4v) is 9.23. The Bertz CT molecular complexity index is 1190. The molecule has 0 spiro atoms. The second-order valence-corrected chi connectivity index (χ2v) is 12.6. The van der Waals surface area contributed by atoms with E-state index in [0.717, 1.165) is 42.9 Å². The summed E-state index contributed by atoms with van der Waals surface area (Å²) >= 11 is 1.76. The highest BCUT2D eigenvalue weighted by molar-refractivity contribution is 7.16. The molecule has 1 heterocycles. The van der Waals surface area contributed by atoms with Gasteiger partial charge in [-0.25, -0.2) is 4.98 Å². The van der Waals surface area contributed by atoms with Crippen LogP contribution in [0.2, 0.25) is 0 Å². The molecule has 0 unspecified atom stereocenters. The first-order chi connectivity index (χ1) is 16.8. The number of aromatic nitrogens is 1. The number of fused-ring (bicyclic) bond motifs is 7. The predicted molar refractivity (Wildman–Crippen MR) is 140 cm³/mol. The number of rotatable bonds is 4. The predicted octanol–water partition coefficient (Wildman–Crippen LogP) is 7.10. The molecule has 0 saturated heterocycles. The largest absolute Gasteiger partial charge is 0.508 e. The highest BCUT2D eigenvalue weighted by Crippen LogP contribution is 2.66. The standard InChI is InChI=1S/C29H36N2O3S/c1-4-25(33)34-24-11-10-20-19-8-9-22-26-23(13-15-28(22,2)21(19)12-14-29(20,24)3)31-27(35-26)30-17-6-5-7-18(32)16-17/h5-7,9,16,19-21,24,32H,4,8,10-15H2,1-3H3,(H,30,31)/t19-,20-,21-,24-,28+,29-/m0/s1. The molecule has 0 radical (unpaired) electrons. The third kappa shape index (κ3) is 3.62. The SMILES string of the molecule is CCC(=O)O[C@H]1CC[C@H]2[C@@H]3CC=C4c5sc(Nc6cccc(O)c6)nc5CC[C@]4(C)[C@H]3CC[C@]12C. The quantitative estimate of drug-likeness (QED) is 0.446. The monoisotopic (exact) mass is 492 g/mol. The summed E-state index contributed by atoms with van der Waals surface area (Å²) in [5, 5.41) is 14.1. The van der Waals surface area contributed by atoms with E-state index in [1.54, 1.807) is 23.5 Å². The first-order valence-corrected chi connectivity index (χ1v) is 14.1. The number of ether oxygens (including phenoxy) is 1. The number of esters is 1. The van der Waals surface area contributed by atoms with Gasteiger partial charge in [-0.3, -0.25) is 4.79 Å². The number of nitrogens with zero attached hydrogens (tertiary/aromatic N) is 1. The maximum atomic E-state index is 12.1. The molecule has 2 saturated carbocycles. The number of allylic oxidation sites excluding steroid dienone is 2. The summed E-state index contributed by atoms with van der Waals surface area (Å²) in [4.78, 5) is 18.4. The van der Waals surface area contributed by atoms with Crippen molar-refractivity contribution in [2.75, 3.05) is 5.32 Å². The van der Waals surface area contributed by atoms with Gasteiger partial charge in [-0.1, -0.05) is 44.3 Å². The van der Waals surface area contributed by atoms with Crippen LogP contribution in [0.4, 0.5) is 10.8 Å². The normalized spacial score (nSPS) is 35.2. The average molecular weight is 493 g/mol. The van der Waals surface area contributed by atoms with Crippen LogP contribution in [0, 0.1) is 28.6 Å². The molecular formula is C29H36N2O3S. The maximum absolute atomic E-state index is 12.1.